The van der Waals surface area contributed by atoms with Crippen molar-refractivity contribution in [2.45, 2.75) is 57.0 Å². The fourth-order valence-electron chi connectivity index (χ4n) is 4.88. The van der Waals surface area contributed by atoms with Crippen molar-refractivity contribution in [3.8, 4) is 0 Å². The second-order valence-electron chi connectivity index (χ2n) is 7.73. The third-order valence-corrected chi connectivity index (χ3v) is 6.13. The van der Waals surface area contributed by atoms with E-state index in [0.717, 1.165) is 38.3 Å². The number of likely N-dealkylation sites (tertiary alicyclic amines) is 1. The van der Waals surface area contributed by atoms with Gasteiger partial charge >= 0.3 is 0 Å². The first-order valence-corrected chi connectivity index (χ1v) is 9.38. The van der Waals surface area contributed by atoms with E-state index in [0.29, 0.717) is 17.9 Å². The van der Waals surface area contributed by atoms with Crippen molar-refractivity contribution < 1.29 is 4.79 Å². The first kappa shape index (κ1) is 17.8. The van der Waals surface area contributed by atoms with Gasteiger partial charge in [0.15, 0.2) is 0 Å². The Morgan fingerprint density at radius 2 is 1.92 bits per heavy atom. The van der Waals surface area contributed by atoms with Crippen LogP contribution in [0.15, 0.2) is 30.3 Å². The molecule has 0 aromatic heterocycles. The molecule has 4 rings (SSSR count). The van der Waals surface area contributed by atoms with E-state index in [4.69, 9.17) is 0 Å². The van der Waals surface area contributed by atoms with E-state index in [1.807, 2.05) is 0 Å². The van der Waals surface area contributed by atoms with Crippen LogP contribution in [0, 0.1) is 11.8 Å². The second kappa shape index (κ2) is 7.88. The number of rotatable bonds is 3. The van der Waals surface area contributed by atoms with E-state index in [2.05, 4.69) is 40.5 Å². The highest BCUT2D eigenvalue weighted by Crippen LogP contribution is 2.34. The molecule has 24 heavy (non-hydrogen) atoms. The summed E-state index contributed by atoms with van der Waals surface area (Å²) in [5.41, 5.74) is 1.40. The fourth-order valence-corrected chi connectivity index (χ4v) is 4.88. The molecule has 2 aliphatic heterocycles. The molecule has 1 amide bonds. The maximum atomic E-state index is 12.9. The first-order chi connectivity index (χ1) is 11.3. The van der Waals surface area contributed by atoms with Crippen molar-refractivity contribution in [1.82, 2.24) is 10.2 Å². The molecule has 3 nitrogen and oxygen atoms in total. The number of carbonyl (C=O) groups excluding carboxylic acids is 1. The van der Waals surface area contributed by atoms with Gasteiger partial charge in [0.2, 0.25) is 5.91 Å². The molecule has 4 heteroatoms. The molecule has 1 saturated carbocycles. The van der Waals surface area contributed by atoms with Crippen LogP contribution in [-0.2, 0) is 11.2 Å². The predicted molar refractivity (Wildman–Crippen MR) is 99.4 cm³/mol. The van der Waals surface area contributed by atoms with Crippen LogP contribution < -0.4 is 5.32 Å². The molecule has 4 unspecified atom stereocenters. The summed E-state index contributed by atoms with van der Waals surface area (Å²) in [6.07, 6.45) is 8.60. The molecule has 1 aromatic carbocycles. The van der Waals surface area contributed by atoms with Gasteiger partial charge in [0, 0.05) is 19.1 Å². The lowest BCUT2D eigenvalue weighted by Gasteiger charge is -2.24. The van der Waals surface area contributed by atoms with Gasteiger partial charge in [-0.2, -0.15) is 0 Å². The maximum Gasteiger partial charge on any atom is 0.239 e. The molecule has 2 heterocycles. The lowest BCUT2D eigenvalue weighted by Crippen LogP contribution is -2.44. The highest BCUT2D eigenvalue weighted by atomic mass is 35.5. The molecule has 4 atom stereocenters. The molecule has 2 saturated heterocycles. The zero-order valence-corrected chi connectivity index (χ0v) is 15.1. The summed E-state index contributed by atoms with van der Waals surface area (Å²) in [7, 11) is 0. The van der Waals surface area contributed by atoms with E-state index >= 15 is 0 Å². The summed E-state index contributed by atoms with van der Waals surface area (Å²) in [6, 6.07) is 11.4. The number of hydrogen-bond acceptors (Lipinski definition) is 2. The summed E-state index contributed by atoms with van der Waals surface area (Å²) in [5, 5.41) is 3.64. The van der Waals surface area contributed by atoms with Gasteiger partial charge in [-0.05, 0) is 49.5 Å². The molecule has 0 radical (unpaired) electrons. The Kier molecular flexibility index (Phi) is 5.83. The van der Waals surface area contributed by atoms with E-state index in [1.165, 1.54) is 31.2 Å². The number of fused-ring (bicyclic) bond motifs is 1. The van der Waals surface area contributed by atoms with Gasteiger partial charge in [0.05, 0.1) is 6.04 Å². The minimum atomic E-state index is 0. The van der Waals surface area contributed by atoms with Gasteiger partial charge in [0.1, 0.15) is 0 Å². The number of benzene rings is 1. The summed E-state index contributed by atoms with van der Waals surface area (Å²) < 4.78 is 0. The van der Waals surface area contributed by atoms with Crippen molar-refractivity contribution >= 4 is 18.3 Å². The predicted octanol–water partition coefficient (Wildman–Crippen LogP) is 3.42. The summed E-state index contributed by atoms with van der Waals surface area (Å²) >= 11 is 0. The Morgan fingerprint density at radius 3 is 2.71 bits per heavy atom. The van der Waals surface area contributed by atoms with E-state index in [-0.39, 0.29) is 18.4 Å². The van der Waals surface area contributed by atoms with Crippen LogP contribution in [-0.4, -0.2) is 36.0 Å². The lowest BCUT2D eigenvalue weighted by molar-refractivity contribution is -0.132. The summed E-state index contributed by atoms with van der Waals surface area (Å²) in [6.45, 7) is 1.89. The summed E-state index contributed by atoms with van der Waals surface area (Å²) in [4.78, 5) is 15.0. The molecule has 1 aromatic rings. The van der Waals surface area contributed by atoms with Crippen LogP contribution in [0.3, 0.4) is 0 Å². The Bertz CT molecular complexity index is 536. The largest absolute Gasteiger partial charge is 0.341 e. The smallest absolute Gasteiger partial charge is 0.239 e. The Balaban J connectivity index is 0.00000169. The maximum absolute atomic E-state index is 12.9. The van der Waals surface area contributed by atoms with E-state index in [9.17, 15) is 4.79 Å². The highest BCUT2D eigenvalue weighted by molar-refractivity contribution is 5.85. The highest BCUT2D eigenvalue weighted by Gasteiger charge is 2.40. The zero-order chi connectivity index (χ0) is 15.6. The first-order valence-electron chi connectivity index (χ1n) is 9.38. The number of halogens is 1. The van der Waals surface area contributed by atoms with Crippen LogP contribution in [0.5, 0.6) is 0 Å². The molecule has 0 spiro atoms. The van der Waals surface area contributed by atoms with Crippen LogP contribution in [0.2, 0.25) is 0 Å². The Morgan fingerprint density at radius 1 is 1.12 bits per heavy atom. The molecular weight excluding hydrogens is 320 g/mol. The summed E-state index contributed by atoms with van der Waals surface area (Å²) in [5.74, 6) is 1.75. The van der Waals surface area contributed by atoms with Crippen molar-refractivity contribution in [1.29, 1.82) is 0 Å². The monoisotopic (exact) mass is 348 g/mol. The molecule has 0 bridgehead atoms. The van der Waals surface area contributed by atoms with Gasteiger partial charge < -0.3 is 10.2 Å². The minimum Gasteiger partial charge on any atom is -0.341 e. The van der Waals surface area contributed by atoms with Gasteiger partial charge in [-0.25, -0.2) is 0 Å². The lowest BCUT2D eigenvalue weighted by atomic mass is 9.85. The van der Waals surface area contributed by atoms with Crippen LogP contribution in [0.4, 0.5) is 0 Å². The number of amides is 1. The number of hydrogen-bond donors (Lipinski definition) is 1. The van der Waals surface area contributed by atoms with Gasteiger partial charge in [-0.3, -0.25) is 4.79 Å². The quantitative estimate of drug-likeness (QED) is 0.907. The molecule has 1 N–H and O–H groups in total. The third-order valence-electron chi connectivity index (χ3n) is 6.13. The van der Waals surface area contributed by atoms with Gasteiger partial charge in [-0.1, -0.05) is 43.2 Å². The molecule has 3 aliphatic rings. The average molecular weight is 349 g/mol. The zero-order valence-electron chi connectivity index (χ0n) is 14.3. The molecule has 132 valence electrons. The van der Waals surface area contributed by atoms with Crippen LogP contribution in [0.1, 0.15) is 44.1 Å². The van der Waals surface area contributed by atoms with E-state index < -0.39 is 0 Å². The second-order valence-corrected chi connectivity index (χ2v) is 7.73. The van der Waals surface area contributed by atoms with Gasteiger partial charge in [-0.15, -0.1) is 12.4 Å². The average Bonchev–Trinajstić information content (AvgIpc) is 3.21. The standard InChI is InChI=1S/C20H28N2O.ClH/c23-20(19-13-17-8-4-5-9-18(17)21-19)22-11-10-16(14-22)12-15-6-2-1-3-7-15;/h1-3,6-7,16-19,21H,4-5,8-14H2;1H. The van der Waals surface area contributed by atoms with Crippen molar-refractivity contribution in [3.05, 3.63) is 35.9 Å². The van der Waals surface area contributed by atoms with Crippen molar-refractivity contribution in [2.24, 2.45) is 11.8 Å². The topological polar surface area (TPSA) is 32.3 Å². The third kappa shape index (κ3) is 3.78. The SMILES string of the molecule is Cl.O=C(C1CC2CCCCC2N1)N1CCC(Cc2ccccc2)C1. The Hall–Kier alpha value is -1.06. The Labute approximate surface area is 151 Å². The van der Waals surface area contributed by atoms with Crippen molar-refractivity contribution in [3.63, 3.8) is 0 Å². The number of nitrogens with one attached hydrogen (secondary N) is 1. The molecule has 3 fully saturated rings. The van der Waals surface area contributed by atoms with E-state index in [1.54, 1.807) is 0 Å². The van der Waals surface area contributed by atoms with Crippen molar-refractivity contribution in [2.75, 3.05) is 13.1 Å². The number of carbonyl (C=O) groups is 1. The number of nitrogens with zero attached hydrogens (tertiary/aromatic N) is 1. The molecule has 1 aliphatic carbocycles. The fraction of sp³-hybridized carbons (Fsp3) is 0.650. The van der Waals surface area contributed by atoms with Crippen LogP contribution >= 0.6 is 12.4 Å². The van der Waals surface area contributed by atoms with Crippen LogP contribution in [0.25, 0.3) is 0 Å². The minimum absolute atomic E-state index is 0. The van der Waals surface area contributed by atoms with Gasteiger partial charge in [0.25, 0.3) is 0 Å². The normalized spacial score (nSPS) is 32.2. The molecular formula is C20H29ClN2O.